The summed E-state index contributed by atoms with van der Waals surface area (Å²) in [5, 5.41) is 8.06. The number of carboxylic acids is 1. The molecule has 0 spiro atoms. The van der Waals surface area contributed by atoms with Crippen molar-refractivity contribution in [1.82, 2.24) is 0 Å². The first kappa shape index (κ1) is 7.66. The van der Waals surface area contributed by atoms with Crippen LogP contribution in [0.2, 0.25) is 0 Å². The summed E-state index contributed by atoms with van der Waals surface area (Å²) >= 11 is 0. The Morgan fingerprint density at radius 3 is 2.50 bits per heavy atom. The van der Waals surface area contributed by atoms with E-state index < -0.39 is 20.8 Å². The molecule has 0 fully saturated rings. The highest BCUT2D eigenvalue weighted by Gasteiger charge is 2.08. The molecule has 2 atom stereocenters. The predicted octanol–water partition coefficient (Wildman–Crippen LogP) is 0.147. The van der Waals surface area contributed by atoms with Gasteiger partial charge in [-0.25, -0.2) is 4.79 Å². The van der Waals surface area contributed by atoms with Crippen LogP contribution in [0.4, 0.5) is 0 Å². The van der Waals surface area contributed by atoms with E-state index in [-0.39, 0.29) is 0 Å². The van der Waals surface area contributed by atoms with Crippen molar-refractivity contribution in [1.29, 1.82) is 0 Å². The molecule has 0 saturated heterocycles. The molecule has 0 aliphatic carbocycles. The van der Waals surface area contributed by atoms with Crippen LogP contribution in [0.5, 0.6) is 0 Å². The summed E-state index contributed by atoms with van der Waals surface area (Å²) in [5.74, 6) is -1.09. The van der Waals surface area contributed by atoms with Crippen LogP contribution in [0.25, 0.3) is 0 Å². The molecule has 0 saturated carbocycles. The van der Waals surface area contributed by atoms with Gasteiger partial charge >= 0.3 is 5.97 Å². The lowest BCUT2D eigenvalue weighted by atomic mass is 10.4. The number of aliphatic carboxylic acids is 1. The highest BCUT2D eigenvalue weighted by atomic mass is 31.1. The van der Waals surface area contributed by atoms with E-state index in [4.69, 9.17) is 5.11 Å². The highest BCUT2D eigenvalue weighted by Crippen LogP contribution is 2.00. The van der Waals surface area contributed by atoms with Crippen molar-refractivity contribution in [3.63, 3.8) is 0 Å². The van der Waals surface area contributed by atoms with Crippen molar-refractivity contribution in [2.24, 2.45) is 0 Å². The SMILES string of the molecule is CC(O[PH2]=O)C(=O)O. The summed E-state index contributed by atoms with van der Waals surface area (Å²) < 4.78 is 13.9. The smallest absolute Gasteiger partial charge is 0.332 e. The molecular weight excluding hydrogens is 131 g/mol. The van der Waals surface area contributed by atoms with Crippen LogP contribution >= 0.6 is 8.69 Å². The van der Waals surface area contributed by atoms with E-state index in [2.05, 4.69) is 4.52 Å². The number of carbonyl (C=O) groups is 1. The minimum atomic E-state index is -1.40. The second-order valence-electron chi connectivity index (χ2n) is 1.21. The number of hydrogen-bond donors (Lipinski definition) is 1. The number of rotatable bonds is 3. The topological polar surface area (TPSA) is 63.6 Å². The van der Waals surface area contributed by atoms with Gasteiger partial charge in [-0.1, -0.05) is 0 Å². The third-order valence-corrected chi connectivity index (χ3v) is 1.13. The highest BCUT2D eigenvalue weighted by molar-refractivity contribution is 7.17. The van der Waals surface area contributed by atoms with Gasteiger partial charge in [0.25, 0.3) is 0 Å². The molecule has 4 nitrogen and oxygen atoms in total. The molecule has 2 unspecified atom stereocenters. The van der Waals surface area contributed by atoms with Crippen LogP contribution in [-0.2, 0) is 13.9 Å². The zero-order chi connectivity index (χ0) is 6.57. The second kappa shape index (κ2) is 3.64. The molecule has 0 aromatic rings. The Balaban J connectivity index is 3.46. The molecule has 8 heavy (non-hydrogen) atoms. The van der Waals surface area contributed by atoms with Gasteiger partial charge in [0.05, 0.1) is 0 Å². The second-order valence-corrected chi connectivity index (χ2v) is 1.68. The van der Waals surface area contributed by atoms with E-state index in [1.807, 2.05) is 0 Å². The molecular formula is C3H7O4P. The fourth-order valence-corrected chi connectivity index (χ4v) is 0.425. The van der Waals surface area contributed by atoms with Crippen LogP contribution in [0.1, 0.15) is 6.92 Å². The van der Waals surface area contributed by atoms with E-state index in [9.17, 15) is 9.36 Å². The quantitative estimate of drug-likeness (QED) is 0.563. The molecule has 0 radical (unpaired) electrons. The molecule has 0 bridgehead atoms. The Hall–Kier alpha value is -0.340. The maximum absolute atomic E-state index is 9.84. The summed E-state index contributed by atoms with van der Waals surface area (Å²) in [6.07, 6.45) is -0.942. The molecule has 0 aromatic heterocycles. The van der Waals surface area contributed by atoms with Gasteiger partial charge in [-0.15, -0.1) is 0 Å². The van der Waals surface area contributed by atoms with E-state index in [0.717, 1.165) is 0 Å². The van der Waals surface area contributed by atoms with Gasteiger partial charge in [0, 0.05) is 0 Å². The molecule has 48 valence electrons. The Morgan fingerprint density at radius 2 is 2.38 bits per heavy atom. The van der Waals surface area contributed by atoms with Crippen LogP contribution in [0.3, 0.4) is 0 Å². The monoisotopic (exact) mass is 138 g/mol. The zero-order valence-corrected chi connectivity index (χ0v) is 5.48. The Bertz CT molecular complexity index is 101. The lowest BCUT2D eigenvalue weighted by Gasteiger charge is -1.98. The maximum atomic E-state index is 9.84. The number of hydrogen-bond acceptors (Lipinski definition) is 3. The van der Waals surface area contributed by atoms with Gasteiger partial charge in [-0.2, -0.15) is 0 Å². The molecule has 0 aliphatic rings. The minimum absolute atomic E-state index is 0.942. The molecule has 0 aromatic carbocycles. The molecule has 0 aliphatic heterocycles. The molecule has 0 rings (SSSR count). The first-order valence-corrected chi connectivity index (χ1v) is 2.94. The van der Waals surface area contributed by atoms with Crippen LogP contribution in [-0.4, -0.2) is 17.2 Å². The summed E-state index contributed by atoms with van der Waals surface area (Å²) in [4.78, 5) is 9.84. The van der Waals surface area contributed by atoms with E-state index in [1.165, 1.54) is 6.92 Å². The Labute approximate surface area is 47.7 Å². The van der Waals surface area contributed by atoms with Crippen LogP contribution < -0.4 is 0 Å². The molecule has 5 heteroatoms. The summed E-state index contributed by atoms with van der Waals surface area (Å²) in [6.45, 7) is 1.33. The Morgan fingerprint density at radius 1 is 1.88 bits per heavy atom. The molecule has 0 heterocycles. The van der Waals surface area contributed by atoms with Gasteiger partial charge in [0.15, 0.2) is 14.8 Å². The maximum Gasteiger partial charge on any atom is 0.332 e. The fraction of sp³-hybridized carbons (Fsp3) is 0.667. The van der Waals surface area contributed by atoms with Gasteiger partial charge in [-0.3, -0.25) is 4.57 Å². The van der Waals surface area contributed by atoms with E-state index in [0.29, 0.717) is 0 Å². The van der Waals surface area contributed by atoms with Crippen LogP contribution in [0, 0.1) is 0 Å². The zero-order valence-electron chi connectivity index (χ0n) is 4.33. The lowest BCUT2D eigenvalue weighted by Crippen LogP contribution is -2.15. The summed E-state index contributed by atoms with van der Waals surface area (Å²) in [7, 11) is -1.40. The van der Waals surface area contributed by atoms with Crippen molar-refractivity contribution in [2.45, 2.75) is 13.0 Å². The standard InChI is InChI=1S/C3H7O4P/c1-2(3(4)5)7-8-6/h2H,8H2,1H3,(H,4,5). The van der Waals surface area contributed by atoms with E-state index >= 15 is 0 Å². The van der Waals surface area contributed by atoms with Crippen LogP contribution in [0.15, 0.2) is 0 Å². The third-order valence-electron chi connectivity index (χ3n) is 0.607. The lowest BCUT2D eigenvalue weighted by molar-refractivity contribution is -0.143. The minimum Gasteiger partial charge on any atom is -0.479 e. The average Bonchev–Trinajstić information content (AvgIpc) is 1.67. The van der Waals surface area contributed by atoms with Gasteiger partial charge in [0.2, 0.25) is 0 Å². The van der Waals surface area contributed by atoms with Crippen molar-refractivity contribution in [3.8, 4) is 0 Å². The number of carboxylic acid groups (broad SMARTS) is 1. The summed E-state index contributed by atoms with van der Waals surface area (Å²) in [6, 6.07) is 0. The first-order valence-electron chi connectivity index (χ1n) is 2.00. The van der Waals surface area contributed by atoms with Crippen molar-refractivity contribution >= 4 is 14.7 Å². The largest absolute Gasteiger partial charge is 0.479 e. The van der Waals surface area contributed by atoms with Gasteiger partial charge in [0.1, 0.15) is 0 Å². The fourth-order valence-electron chi connectivity index (χ4n) is 0.142. The van der Waals surface area contributed by atoms with Crippen molar-refractivity contribution in [3.05, 3.63) is 0 Å². The van der Waals surface area contributed by atoms with E-state index in [1.54, 1.807) is 0 Å². The average molecular weight is 138 g/mol. The Kier molecular flexibility index (Phi) is 3.48. The predicted molar refractivity (Wildman–Crippen MR) is 28.6 cm³/mol. The van der Waals surface area contributed by atoms with Gasteiger partial charge < -0.3 is 9.63 Å². The third kappa shape index (κ3) is 2.77. The molecule has 1 N–H and O–H groups in total. The summed E-state index contributed by atoms with van der Waals surface area (Å²) in [5.41, 5.74) is 0. The first-order chi connectivity index (χ1) is 3.68. The van der Waals surface area contributed by atoms with Crippen molar-refractivity contribution < 1.29 is 19.0 Å². The van der Waals surface area contributed by atoms with Crippen molar-refractivity contribution in [2.75, 3.05) is 0 Å². The normalized spacial score (nSPS) is 14.6. The van der Waals surface area contributed by atoms with Gasteiger partial charge in [-0.05, 0) is 6.92 Å². The molecule has 0 amide bonds.